The summed E-state index contributed by atoms with van der Waals surface area (Å²) < 4.78 is 5.27. The quantitative estimate of drug-likeness (QED) is 0.880. The molecule has 25 heavy (non-hydrogen) atoms. The van der Waals surface area contributed by atoms with Crippen LogP contribution in [0.25, 0.3) is 10.8 Å². The second-order valence-electron chi connectivity index (χ2n) is 6.06. The summed E-state index contributed by atoms with van der Waals surface area (Å²) in [4.78, 5) is 25.4. The van der Waals surface area contributed by atoms with E-state index in [1.54, 1.807) is 4.90 Å². The summed E-state index contributed by atoms with van der Waals surface area (Å²) in [6.07, 6.45) is -0.758. The molecule has 3 rings (SSSR count). The number of primary amides is 1. The lowest BCUT2D eigenvalue weighted by molar-refractivity contribution is -0.133. The number of nitrogens with two attached hydrogens (primary N) is 1. The van der Waals surface area contributed by atoms with Gasteiger partial charge in [0.25, 0.3) is 0 Å². The van der Waals surface area contributed by atoms with Crippen LogP contribution in [-0.4, -0.2) is 42.6 Å². The lowest BCUT2D eigenvalue weighted by atomic mass is 9.99. The lowest BCUT2D eigenvalue weighted by Gasteiger charge is -2.32. The summed E-state index contributed by atoms with van der Waals surface area (Å²) in [6.45, 7) is 2.79. The van der Waals surface area contributed by atoms with Gasteiger partial charge in [0.15, 0.2) is 6.10 Å². The fourth-order valence-corrected chi connectivity index (χ4v) is 3.25. The van der Waals surface area contributed by atoms with Gasteiger partial charge in [0.05, 0.1) is 19.2 Å². The van der Waals surface area contributed by atoms with Crippen molar-refractivity contribution in [2.24, 2.45) is 5.73 Å². The van der Waals surface area contributed by atoms with Crippen molar-refractivity contribution >= 4 is 34.3 Å². The highest BCUT2D eigenvalue weighted by atomic mass is 35.5. The van der Waals surface area contributed by atoms with Gasteiger partial charge in [-0.15, -0.1) is 0 Å². The molecule has 1 aliphatic rings. The maximum absolute atomic E-state index is 12.5. The van der Waals surface area contributed by atoms with Crippen LogP contribution < -0.4 is 11.1 Å². The number of nitrogens with one attached hydrogen (secondary N) is 1. The number of benzene rings is 2. The molecule has 1 aliphatic heterocycles. The summed E-state index contributed by atoms with van der Waals surface area (Å²) in [7, 11) is 0. The van der Waals surface area contributed by atoms with Crippen molar-refractivity contribution in [3.05, 3.63) is 47.0 Å². The fourth-order valence-electron chi connectivity index (χ4n) is 3.02. The van der Waals surface area contributed by atoms with E-state index in [1.807, 2.05) is 43.3 Å². The van der Waals surface area contributed by atoms with Crippen molar-refractivity contribution in [1.82, 2.24) is 10.2 Å². The number of carbonyl (C=O) groups is 2. The number of halogens is 1. The van der Waals surface area contributed by atoms with Crippen molar-refractivity contribution in [3.8, 4) is 0 Å². The first-order chi connectivity index (χ1) is 12.0. The summed E-state index contributed by atoms with van der Waals surface area (Å²) >= 11 is 6.25. The van der Waals surface area contributed by atoms with E-state index in [0.29, 0.717) is 18.2 Å². The molecule has 132 valence electrons. The molecule has 0 spiro atoms. The van der Waals surface area contributed by atoms with Crippen LogP contribution in [0.1, 0.15) is 18.5 Å². The molecule has 3 N–H and O–H groups in total. The number of nitrogens with zero attached hydrogens (tertiary/aromatic N) is 1. The van der Waals surface area contributed by atoms with Gasteiger partial charge >= 0.3 is 6.03 Å². The smallest absolute Gasteiger partial charge is 0.318 e. The summed E-state index contributed by atoms with van der Waals surface area (Å²) in [5, 5.41) is 5.60. The van der Waals surface area contributed by atoms with Gasteiger partial charge in [-0.05, 0) is 23.9 Å². The van der Waals surface area contributed by atoms with Gasteiger partial charge < -0.3 is 20.7 Å². The fraction of sp³-hybridized carbons (Fsp3) is 0.333. The molecular weight excluding hydrogens is 342 g/mol. The van der Waals surface area contributed by atoms with Crippen LogP contribution in [0.2, 0.25) is 5.02 Å². The highest BCUT2D eigenvalue weighted by Gasteiger charge is 2.28. The third-order valence-corrected chi connectivity index (χ3v) is 4.71. The molecule has 0 radical (unpaired) electrons. The van der Waals surface area contributed by atoms with Crippen LogP contribution in [0.3, 0.4) is 0 Å². The van der Waals surface area contributed by atoms with E-state index in [1.165, 1.54) is 0 Å². The van der Waals surface area contributed by atoms with Gasteiger partial charge in [-0.1, -0.05) is 41.9 Å². The average molecular weight is 362 g/mol. The Kier molecular flexibility index (Phi) is 5.11. The third kappa shape index (κ3) is 3.70. The molecule has 0 bridgehead atoms. The Balaban J connectivity index is 1.76. The van der Waals surface area contributed by atoms with Crippen molar-refractivity contribution < 1.29 is 14.3 Å². The number of hydrogen-bond acceptors (Lipinski definition) is 3. The van der Waals surface area contributed by atoms with Crippen LogP contribution in [0.15, 0.2) is 36.4 Å². The zero-order valence-electron chi connectivity index (χ0n) is 13.9. The summed E-state index contributed by atoms with van der Waals surface area (Å²) in [5.74, 6) is -0.561. The normalized spacial score (nSPS) is 18.8. The number of morpholine rings is 1. The van der Waals surface area contributed by atoms with Gasteiger partial charge in [-0.2, -0.15) is 0 Å². The van der Waals surface area contributed by atoms with Crippen molar-refractivity contribution in [2.75, 3.05) is 19.7 Å². The molecule has 0 aromatic heterocycles. The number of urea groups is 1. The van der Waals surface area contributed by atoms with Gasteiger partial charge in [0.2, 0.25) is 5.91 Å². The minimum Gasteiger partial charge on any atom is -0.367 e. The van der Waals surface area contributed by atoms with Gasteiger partial charge in [0.1, 0.15) is 0 Å². The number of amides is 3. The molecule has 0 aliphatic carbocycles. The Morgan fingerprint density at radius 3 is 2.72 bits per heavy atom. The van der Waals surface area contributed by atoms with E-state index in [-0.39, 0.29) is 18.6 Å². The van der Waals surface area contributed by atoms with Crippen LogP contribution in [0, 0.1) is 0 Å². The molecule has 2 aromatic rings. The minimum atomic E-state index is -0.758. The van der Waals surface area contributed by atoms with Crippen LogP contribution in [0.4, 0.5) is 4.79 Å². The highest BCUT2D eigenvalue weighted by Crippen LogP contribution is 2.29. The van der Waals surface area contributed by atoms with Gasteiger partial charge in [-0.25, -0.2) is 4.79 Å². The molecule has 3 amide bonds. The highest BCUT2D eigenvalue weighted by molar-refractivity contribution is 6.35. The number of rotatable bonds is 3. The van der Waals surface area contributed by atoms with E-state index in [9.17, 15) is 9.59 Å². The Morgan fingerprint density at radius 2 is 2.00 bits per heavy atom. The molecular formula is C18H20ClN3O3. The number of carbonyl (C=O) groups excluding carboxylic acids is 2. The number of ether oxygens (including phenoxy) is 1. The van der Waals surface area contributed by atoms with E-state index in [0.717, 1.165) is 16.3 Å². The first-order valence-corrected chi connectivity index (χ1v) is 8.48. The zero-order chi connectivity index (χ0) is 18.0. The topological polar surface area (TPSA) is 84.7 Å². The average Bonchev–Trinajstić information content (AvgIpc) is 2.62. The molecule has 2 unspecified atom stereocenters. The largest absolute Gasteiger partial charge is 0.367 e. The SMILES string of the molecule is CC(NC(=O)N1CCOC(C(N)=O)C1)c1ccc(Cl)c2ccccc12. The van der Waals surface area contributed by atoms with Crippen LogP contribution in [-0.2, 0) is 9.53 Å². The Hall–Kier alpha value is -2.31. The predicted molar refractivity (Wildman–Crippen MR) is 96.4 cm³/mol. The first-order valence-electron chi connectivity index (χ1n) is 8.11. The Morgan fingerprint density at radius 1 is 1.28 bits per heavy atom. The molecule has 1 heterocycles. The predicted octanol–water partition coefficient (Wildman–Crippen LogP) is 2.45. The molecule has 6 nitrogen and oxygen atoms in total. The number of hydrogen-bond donors (Lipinski definition) is 2. The van der Waals surface area contributed by atoms with Crippen molar-refractivity contribution in [3.63, 3.8) is 0 Å². The van der Waals surface area contributed by atoms with E-state index >= 15 is 0 Å². The Labute approximate surface area is 150 Å². The van der Waals surface area contributed by atoms with Crippen molar-refractivity contribution in [2.45, 2.75) is 19.1 Å². The van der Waals surface area contributed by atoms with E-state index in [4.69, 9.17) is 22.1 Å². The molecule has 2 aromatic carbocycles. The van der Waals surface area contributed by atoms with Crippen LogP contribution in [0.5, 0.6) is 0 Å². The number of fused-ring (bicyclic) bond motifs is 1. The second-order valence-corrected chi connectivity index (χ2v) is 6.47. The van der Waals surface area contributed by atoms with E-state index in [2.05, 4.69) is 5.32 Å². The summed E-state index contributed by atoms with van der Waals surface area (Å²) in [5.41, 5.74) is 6.24. The monoisotopic (exact) mass is 361 g/mol. The summed E-state index contributed by atoms with van der Waals surface area (Å²) in [6, 6.07) is 11.1. The second kappa shape index (κ2) is 7.29. The minimum absolute atomic E-state index is 0.162. The van der Waals surface area contributed by atoms with Gasteiger partial charge in [-0.3, -0.25) is 4.79 Å². The zero-order valence-corrected chi connectivity index (χ0v) is 14.6. The third-order valence-electron chi connectivity index (χ3n) is 4.38. The van der Waals surface area contributed by atoms with Crippen LogP contribution >= 0.6 is 11.6 Å². The van der Waals surface area contributed by atoms with Crippen molar-refractivity contribution in [1.29, 1.82) is 0 Å². The molecule has 2 atom stereocenters. The molecule has 0 saturated carbocycles. The molecule has 7 heteroatoms. The standard InChI is InChI=1S/C18H20ClN3O3/c1-11(12-6-7-15(19)14-5-3-2-4-13(12)14)21-18(24)22-8-9-25-16(10-22)17(20)23/h2-7,11,16H,8-10H2,1H3,(H2,20,23)(H,21,24). The molecule has 1 fully saturated rings. The van der Waals surface area contributed by atoms with E-state index < -0.39 is 12.0 Å². The Bertz CT molecular complexity index is 811. The lowest BCUT2D eigenvalue weighted by Crippen LogP contribution is -2.53. The first kappa shape index (κ1) is 17.5. The van der Waals surface area contributed by atoms with Gasteiger partial charge in [0, 0.05) is 17.0 Å². The maximum atomic E-state index is 12.5. The molecule has 1 saturated heterocycles. The maximum Gasteiger partial charge on any atom is 0.318 e.